The van der Waals surface area contributed by atoms with Gasteiger partial charge in [-0.2, -0.15) is 36.9 Å². The van der Waals surface area contributed by atoms with E-state index in [-0.39, 0.29) is 11.6 Å². The van der Waals surface area contributed by atoms with Crippen LogP contribution in [0, 0.1) is 0 Å². The van der Waals surface area contributed by atoms with Gasteiger partial charge in [0.25, 0.3) is 0 Å². The smallest absolute Gasteiger partial charge is 0.389 e. The van der Waals surface area contributed by atoms with Crippen molar-refractivity contribution in [3.63, 3.8) is 0 Å². The van der Waals surface area contributed by atoms with Crippen LogP contribution in [0.15, 0.2) is 10.6 Å². The van der Waals surface area contributed by atoms with Gasteiger partial charge in [0.05, 0.1) is 11.4 Å². The average Bonchev–Trinajstić information content (AvgIpc) is 3.24. The van der Waals surface area contributed by atoms with Gasteiger partial charge in [0.2, 0.25) is 11.8 Å². The molecule has 240 valence electrons. The number of carbonyl (C=O) groups excluding carboxylic acids is 2. The van der Waals surface area contributed by atoms with Gasteiger partial charge in [-0.1, -0.05) is 19.0 Å². The monoisotopic (exact) mass is 646 g/mol. The van der Waals surface area contributed by atoms with Crippen LogP contribution >= 0.6 is 10.6 Å². The minimum absolute atomic E-state index is 0.112. The molecule has 0 atom stereocenters. The van der Waals surface area contributed by atoms with E-state index in [4.69, 9.17) is 9.26 Å². The third-order valence-electron chi connectivity index (χ3n) is 6.40. The number of nitrogens with zero attached hydrogens (tertiary/aromatic N) is 1. The van der Waals surface area contributed by atoms with Gasteiger partial charge in [-0.25, -0.2) is 13.2 Å². The molecular weight excluding hydrogens is 610 g/mol. The van der Waals surface area contributed by atoms with E-state index in [1.807, 2.05) is 0 Å². The van der Waals surface area contributed by atoms with Crippen molar-refractivity contribution in [2.45, 2.75) is 94.5 Å². The summed E-state index contributed by atoms with van der Waals surface area (Å²) in [6, 6.07) is 1.20. The first-order valence-electron chi connectivity index (χ1n) is 12.2. The Morgan fingerprint density at radius 2 is 1.39 bits per heavy atom. The van der Waals surface area contributed by atoms with Crippen LogP contribution in [0.5, 0.6) is 0 Å². The molecular formula is C23H36F6N2O8S2. The number of rotatable bonds is 14. The second-order valence-electron chi connectivity index (χ2n) is 11.1. The van der Waals surface area contributed by atoms with Crippen molar-refractivity contribution in [1.29, 1.82) is 0 Å². The normalized spacial score (nSPS) is 14.6. The second-order valence-corrected chi connectivity index (χ2v) is 16.6. The zero-order valence-electron chi connectivity index (χ0n) is 23.4. The molecule has 0 fully saturated rings. The van der Waals surface area contributed by atoms with E-state index in [2.05, 4.69) is 10.5 Å². The second kappa shape index (κ2) is 12.7. The predicted octanol–water partition coefficient (Wildman–Crippen LogP) is 5.84. The van der Waals surface area contributed by atoms with Crippen molar-refractivity contribution in [2.75, 3.05) is 23.4 Å². The highest BCUT2D eigenvalue weighted by Crippen LogP contribution is 2.53. The van der Waals surface area contributed by atoms with E-state index in [1.54, 1.807) is 0 Å². The summed E-state index contributed by atoms with van der Waals surface area (Å²) in [5.41, 5.74) is -1.00. The van der Waals surface area contributed by atoms with E-state index in [9.17, 15) is 53.5 Å². The molecule has 18 heteroatoms. The topological polar surface area (TPSA) is 156 Å². The lowest BCUT2D eigenvalue weighted by molar-refractivity contribution is -0.147. The first kappa shape index (κ1) is 37.0. The number of sulfone groups is 1. The Hall–Kier alpha value is -2.05. The summed E-state index contributed by atoms with van der Waals surface area (Å²) in [7, 11) is -8.13. The summed E-state index contributed by atoms with van der Waals surface area (Å²) >= 11 is 0. The standard InChI is InChI=1S/C23H36F6N2O8S2/c1-19(2,14-38-18(33)21(5,6)41(36,37)12-8-10-23(27,28)29)15-13-16(39-31-15)30-17(32)20(3,4)40(34,35)11-7-9-22(24,25)26/h13,36-37H,7-12,14H2,1-6H3,(H,30,32). The van der Waals surface area contributed by atoms with E-state index in [0.717, 1.165) is 27.7 Å². The fourth-order valence-corrected chi connectivity index (χ4v) is 5.88. The maximum Gasteiger partial charge on any atom is 0.389 e. The number of anilines is 1. The van der Waals surface area contributed by atoms with Crippen LogP contribution in [0.25, 0.3) is 0 Å². The molecule has 0 aliphatic rings. The van der Waals surface area contributed by atoms with Crippen molar-refractivity contribution in [1.82, 2.24) is 5.16 Å². The lowest BCUT2D eigenvalue weighted by Crippen LogP contribution is -2.45. The molecule has 1 aromatic heterocycles. The number of ether oxygens (including phenoxy) is 1. The van der Waals surface area contributed by atoms with Crippen molar-refractivity contribution in [2.24, 2.45) is 0 Å². The van der Waals surface area contributed by atoms with Crippen LogP contribution < -0.4 is 5.32 Å². The molecule has 0 aliphatic heterocycles. The first-order valence-corrected chi connectivity index (χ1v) is 15.6. The molecule has 1 amide bonds. The van der Waals surface area contributed by atoms with Crippen LogP contribution in [-0.2, 0) is 29.6 Å². The molecule has 10 nitrogen and oxygen atoms in total. The Bertz CT molecular complexity index is 1180. The number of carbonyl (C=O) groups is 2. The number of esters is 1. The summed E-state index contributed by atoms with van der Waals surface area (Å²) in [5.74, 6) is -4.03. The Balaban J connectivity index is 2.86. The Labute approximate surface area is 235 Å². The molecule has 0 aromatic carbocycles. The summed E-state index contributed by atoms with van der Waals surface area (Å²) in [5, 5.41) is 5.97. The quantitative estimate of drug-likeness (QED) is 0.167. The van der Waals surface area contributed by atoms with Gasteiger partial charge in [-0.15, -0.1) is 0 Å². The van der Waals surface area contributed by atoms with Gasteiger partial charge < -0.3 is 9.26 Å². The largest absolute Gasteiger partial charge is 0.463 e. The summed E-state index contributed by atoms with van der Waals surface area (Å²) in [6.07, 6.45) is -13.0. The summed E-state index contributed by atoms with van der Waals surface area (Å²) in [6.45, 7) is 6.98. The zero-order chi connectivity index (χ0) is 32.3. The van der Waals surface area contributed by atoms with Gasteiger partial charge in [-0.05, 0) is 40.5 Å². The van der Waals surface area contributed by atoms with Crippen molar-refractivity contribution < 1.29 is 62.7 Å². The van der Waals surface area contributed by atoms with Crippen molar-refractivity contribution in [3.05, 3.63) is 11.8 Å². The summed E-state index contributed by atoms with van der Waals surface area (Å²) < 4.78 is 126. The average molecular weight is 647 g/mol. The number of aromatic nitrogens is 1. The molecule has 0 radical (unpaired) electrons. The van der Waals surface area contributed by atoms with Gasteiger partial charge in [0, 0.05) is 30.1 Å². The maximum absolute atomic E-state index is 12.7. The highest BCUT2D eigenvalue weighted by molar-refractivity contribution is 8.26. The SMILES string of the molecule is CC(C)(COC(=O)C(C)(C)S(O)(O)CCCC(F)(F)F)c1cc(NC(=O)C(C)(C)S(=O)(=O)CCCC(F)(F)F)on1. The lowest BCUT2D eigenvalue weighted by Gasteiger charge is -2.44. The van der Waals surface area contributed by atoms with Crippen molar-refractivity contribution >= 4 is 38.2 Å². The first-order chi connectivity index (χ1) is 18.1. The predicted molar refractivity (Wildman–Crippen MR) is 139 cm³/mol. The van der Waals surface area contributed by atoms with Gasteiger partial charge >= 0.3 is 18.3 Å². The number of hydrogen-bond donors (Lipinski definition) is 3. The Morgan fingerprint density at radius 3 is 1.88 bits per heavy atom. The van der Waals surface area contributed by atoms with E-state index < -0.39 is 103 Å². The highest BCUT2D eigenvalue weighted by Gasteiger charge is 2.45. The molecule has 41 heavy (non-hydrogen) atoms. The number of nitrogens with one attached hydrogen (secondary N) is 1. The number of halogens is 6. The van der Waals surface area contributed by atoms with E-state index >= 15 is 0 Å². The third kappa shape index (κ3) is 10.3. The van der Waals surface area contributed by atoms with Gasteiger partial charge in [0.1, 0.15) is 11.4 Å². The molecule has 1 rings (SSSR count). The number of amides is 1. The van der Waals surface area contributed by atoms with Crippen LogP contribution in [0.4, 0.5) is 32.2 Å². The Morgan fingerprint density at radius 1 is 0.902 bits per heavy atom. The minimum Gasteiger partial charge on any atom is -0.463 e. The molecule has 0 aliphatic carbocycles. The fraction of sp³-hybridized carbons (Fsp3) is 0.783. The molecule has 3 N–H and O–H groups in total. The van der Waals surface area contributed by atoms with Crippen LogP contribution in [0.3, 0.4) is 0 Å². The maximum atomic E-state index is 12.7. The summed E-state index contributed by atoms with van der Waals surface area (Å²) in [4.78, 5) is 25.3. The fourth-order valence-electron chi connectivity index (χ4n) is 3.13. The van der Waals surface area contributed by atoms with Crippen LogP contribution in [-0.4, -0.2) is 74.5 Å². The number of alkyl halides is 6. The Kier molecular flexibility index (Phi) is 11.4. The zero-order valence-corrected chi connectivity index (χ0v) is 25.0. The van der Waals surface area contributed by atoms with Crippen molar-refractivity contribution in [3.8, 4) is 0 Å². The van der Waals surface area contributed by atoms with Gasteiger partial charge in [-0.3, -0.25) is 19.2 Å². The highest BCUT2D eigenvalue weighted by atomic mass is 32.3. The molecule has 0 saturated heterocycles. The van der Waals surface area contributed by atoms with E-state index in [1.165, 1.54) is 19.9 Å². The molecule has 1 aromatic rings. The van der Waals surface area contributed by atoms with Crippen LogP contribution in [0.2, 0.25) is 0 Å². The van der Waals surface area contributed by atoms with E-state index in [0.29, 0.717) is 0 Å². The third-order valence-corrected chi connectivity index (χ3v) is 11.6. The number of hydrogen-bond acceptors (Lipinski definition) is 9. The molecule has 0 bridgehead atoms. The lowest BCUT2D eigenvalue weighted by atomic mass is 9.90. The molecule has 0 spiro atoms. The van der Waals surface area contributed by atoms with Crippen LogP contribution in [0.1, 0.15) is 72.9 Å². The minimum atomic E-state index is -4.55. The van der Waals surface area contributed by atoms with Gasteiger partial charge in [0.15, 0.2) is 14.6 Å². The molecule has 1 heterocycles. The molecule has 0 unspecified atom stereocenters. The molecule has 0 saturated carbocycles.